The second kappa shape index (κ2) is 17.8. The first-order chi connectivity index (χ1) is 28.0. The first-order valence-electron chi connectivity index (χ1n) is 17.7. The quantitative estimate of drug-likeness (QED) is 0.0532. The van der Waals surface area contributed by atoms with Gasteiger partial charge in [-0.2, -0.15) is 0 Å². The number of allylic oxidation sites excluding steroid dienone is 2. The second-order valence-electron chi connectivity index (χ2n) is 13.5. The van der Waals surface area contributed by atoms with Crippen LogP contribution in [0.1, 0.15) is 11.1 Å². The third kappa shape index (κ3) is 9.62. The molecule has 11 N–H and O–H groups in total. The van der Waals surface area contributed by atoms with Crippen molar-refractivity contribution in [3.05, 3.63) is 113 Å². The van der Waals surface area contributed by atoms with Gasteiger partial charge in [0.1, 0.15) is 85.4 Å². The van der Waals surface area contributed by atoms with Crippen molar-refractivity contribution in [3.63, 3.8) is 0 Å². The number of hydrogen-bond donors (Lipinski definition) is 11. The van der Waals surface area contributed by atoms with Crippen molar-refractivity contribution in [3.8, 4) is 17.2 Å². The summed E-state index contributed by atoms with van der Waals surface area (Å²) < 4.78 is 39.7. The molecule has 1 aliphatic carbocycles. The van der Waals surface area contributed by atoms with Crippen LogP contribution in [0.2, 0.25) is 0 Å². The first-order valence-corrected chi connectivity index (χ1v) is 17.7. The molecule has 316 valence electrons. The number of carboxylic acids is 1. The number of hydrogen-bond acceptors (Lipinski definition) is 19. The van der Waals surface area contributed by atoms with Crippen molar-refractivity contribution in [2.24, 2.45) is 0 Å². The molecule has 4 aliphatic rings. The number of phenolic OH excluding ortho intramolecular Hbond substituents is 3. The number of esters is 1. The van der Waals surface area contributed by atoms with Crippen molar-refractivity contribution in [2.45, 2.75) is 67.5 Å². The molecule has 3 aliphatic heterocycles. The van der Waals surface area contributed by atoms with Crippen molar-refractivity contribution < 1.29 is 98.9 Å². The number of aliphatic carboxylic acids is 1. The fourth-order valence-electron chi connectivity index (χ4n) is 6.12. The van der Waals surface area contributed by atoms with Crippen LogP contribution in [-0.2, 0) is 42.7 Å². The number of fused-ring (bicyclic) bond motifs is 1. The highest BCUT2D eigenvalue weighted by Gasteiger charge is 2.48. The van der Waals surface area contributed by atoms with Gasteiger partial charge < -0.3 is 89.3 Å². The maximum atomic E-state index is 12.5. The predicted molar refractivity (Wildman–Crippen MR) is 195 cm³/mol. The number of phenols is 3. The molecule has 20 nitrogen and oxygen atoms in total. The number of aliphatic hydroxyl groups excluding tert-OH is 7. The van der Waals surface area contributed by atoms with Crippen molar-refractivity contribution in [1.29, 1.82) is 0 Å². The van der Waals surface area contributed by atoms with Gasteiger partial charge in [-0.25, -0.2) is 9.59 Å². The maximum absolute atomic E-state index is 12.5. The molecule has 0 radical (unpaired) electrons. The molecular weight excluding hydrogens is 788 g/mol. The van der Waals surface area contributed by atoms with E-state index in [0.717, 1.165) is 24.3 Å². The molecule has 1 unspecified atom stereocenters. The number of ether oxygens (including phenoxy) is 7. The van der Waals surface area contributed by atoms with E-state index in [1.54, 1.807) is 0 Å². The molecule has 11 atom stereocenters. The molecule has 20 heteroatoms. The number of carboxylic acid groups (broad SMARTS) is 1. The van der Waals surface area contributed by atoms with E-state index >= 15 is 0 Å². The van der Waals surface area contributed by atoms with E-state index in [-0.39, 0.29) is 34.2 Å². The van der Waals surface area contributed by atoms with Gasteiger partial charge in [-0.1, -0.05) is 12.1 Å². The first kappa shape index (κ1) is 42.5. The number of carbonyl (C=O) groups is 2. The molecule has 2 aromatic carbocycles. The van der Waals surface area contributed by atoms with Crippen LogP contribution in [0.3, 0.4) is 0 Å². The molecular formula is C39H40O20. The van der Waals surface area contributed by atoms with Gasteiger partial charge in [0.05, 0.1) is 0 Å². The lowest BCUT2D eigenvalue weighted by atomic mass is 9.96. The van der Waals surface area contributed by atoms with Crippen LogP contribution in [0.25, 0.3) is 11.8 Å². The van der Waals surface area contributed by atoms with E-state index < -0.39 is 116 Å². The minimum Gasteiger partial charge on any atom is -0.508 e. The lowest BCUT2D eigenvalue weighted by molar-refractivity contribution is -0.292. The summed E-state index contributed by atoms with van der Waals surface area (Å²) >= 11 is 0. The normalized spacial score (nSPS) is 30.5. The topological polar surface area (TPSA) is 321 Å². The second-order valence-corrected chi connectivity index (χ2v) is 13.5. The predicted octanol–water partition coefficient (Wildman–Crippen LogP) is -0.344. The minimum absolute atomic E-state index is 0.0196. The summed E-state index contributed by atoms with van der Waals surface area (Å²) in [4.78, 5) is 23.6. The lowest BCUT2D eigenvalue weighted by Crippen LogP contribution is -2.59. The van der Waals surface area contributed by atoms with E-state index in [0.29, 0.717) is 5.56 Å². The molecule has 2 aromatic rings. The number of aliphatic hydroxyl groups is 7. The third-order valence-electron chi connectivity index (χ3n) is 9.36. The Morgan fingerprint density at radius 1 is 0.729 bits per heavy atom. The Morgan fingerprint density at radius 2 is 1.34 bits per heavy atom. The Morgan fingerprint density at radius 3 is 1.95 bits per heavy atom. The fraction of sp³-hybridized carbons (Fsp3) is 0.333. The Kier molecular flexibility index (Phi) is 12.8. The summed E-state index contributed by atoms with van der Waals surface area (Å²) in [5.74, 6) is -5.32. The van der Waals surface area contributed by atoms with Gasteiger partial charge in [-0.05, 0) is 54.6 Å². The van der Waals surface area contributed by atoms with Crippen LogP contribution in [-0.4, -0.2) is 149 Å². The number of rotatable bonds is 13. The van der Waals surface area contributed by atoms with Crippen molar-refractivity contribution in [2.75, 3.05) is 13.2 Å². The fourth-order valence-corrected chi connectivity index (χ4v) is 6.12. The molecule has 6 rings (SSSR count). The standard InChI is InChI=1S/C39H40O20/c1-16(37(51)52)53-14-27-30(45)32(47)34(49)38(58-27)56-25-12-20(41)11-24-21(25)13-26(36(55-24)18-5-8-22(42)23(43)10-18)57-39-35(50)33(48)31(46)28(59-39)15-54-29(44)9-4-17-2-6-19(40)7-3-17/h2-13,24,27-28,30-35,38-43,45-50H,1,14-15H2,(H,51,52)/b9-4+/t24?,27-,28-,30+,31+,32+,33+,34-,35-,38-,39+/m0/s1. The SMILES string of the molecule is C=C(OC[C@@H]1O[C@H](OC2=CC(O)=CC3OC(c4ccc(O)c(O)c4)=C(O[C@@H]4O[C@@H](COC(=O)/C=C/c5ccc(O)cc5)[C@@H](O)[C@@H](O)[C@@H]4O)C=C23)[C@@H](O)[C@H](O)[C@@H]1O)C(=O)O. The highest BCUT2D eigenvalue weighted by atomic mass is 16.7. The molecule has 0 amide bonds. The summed E-state index contributed by atoms with van der Waals surface area (Å²) in [5.41, 5.74) is 0.660. The Bertz CT molecular complexity index is 2070. The van der Waals surface area contributed by atoms with Gasteiger partial charge in [-0.3, -0.25) is 0 Å². The van der Waals surface area contributed by atoms with E-state index in [1.807, 2.05) is 0 Å². The zero-order valence-electron chi connectivity index (χ0n) is 30.5. The van der Waals surface area contributed by atoms with Crippen LogP contribution in [0.5, 0.6) is 17.2 Å². The molecule has 0 saturated carbocycles. The van der Waals surface area contributed by atoms with Gasteiger partial charge in [0.15, 0.2) is 28.8 Å². The Labute approximate surface area is 333 Å². The van der Waals surface area contributed by atoms with E-state index in [9.17, 15) is 60.7 Å². The largest absolute Gasteiger partial charge is 0.508 e. The highest BCUT2D eigenvalue weighted by Crippen LogP contribution is 2.41. The summed E-state index contributed by atoms with van der Waals surface area (Å²) in [6, 6.07) is 9.43. The molecule has 3 heterocycles. The van der Waals surface area contributed by atoms with Gasteiger partial charge in [-0.15, -0.1) is 0 Å². The Balaban J connectivity index is 1.26. The molecule has 0 spiro atoms. The van der Waals surface area contributed by atoms with Crippen molar-refractivity contribution in [1.82, 2.24) is 0 Å². The third-order valence-corrected chi connectivity index (χ3v) is 9.36. The molecule has 2 fully saturated rings. The van der Waals surface area contributed by atoms with Crippen LogP contribution in [0.4, 0.5) is 0 Å². The molecule has 59 heavy (non-hydrogen) atoms. The lowest BCUT2D eigenvalue weighted by Gasteiger charge is -2.42. The summed E-state index contributed by atoms with van der Waals surface area (Å²) in [5, 5.41) is 114. The summed E-state index contributed by atoms with van der Waals surface area (Å²) in [7, 11) is 0. The minimum atomic E-state index is -1.94. The zero-order valence-corrected chi connectivity index (χ0v) is 30.5. The van der Waals surface area contributed by atoms with E-state index in [4.69, 9.17) is 38.3 Å². The summed E-state index contributed by atoms with van der Waals surface area (Å²) in [6.45, 7) is 1.94. The van der Waals surface area contributed by atoms with Crippen LogP contribution in [0.15, 0.2) is 102 Å². The smallest absolute Gasteiger partial charge is 0.370 e. The van der Waals surface area contributed by atoms with Gasteiger partial charge in [0.25, 0.3) is 0 Å². The average molecular weight is 829 g/mol. The van der Waals surface area contributed by atoms with Crippen LogP contribution < -0.4 is 0 Å². The molecule has 2 saturated heterocycles. The molecule has 0 aromatic heterocycles. The van der Waals surface area contributed by atoms with Crippen LogP contribution in [0, 0.1) is 0 Å². The number of aromatic hydroxyl groups is 3. The van der Waals surface area contributed by atoms with Crippen molar-refractivity contribution >= 4 is 23.8 Å². The highest BCUT2D eigenvalue weighted by molar-refractivity contribution is 5.87. The Hall–Kier alpha value is -6.10. The zero-order chi connectivity index (χ0) is 42.7. The average Bonchev–Trinajstić information content (AvgIpc) is 3.20. The van der Waals surface area contributed by atoms with Gasteiger partial charge in [0.2, 0.25) is 12.6 Å². The molecule has 0 bridgehead atoms. The van der Waals surface area contributed by atoms with E-state index in [2.05, 4.69) is 6.58 Å². The van der Waals surface area contributed by atoms with E-state index in [1.165, 1.54) is 48.6 Å². The van der Waals surface area contributed by atoms with Crippen LogP contribution >= 0.6 is 0 Å². The summed E-state index contributed by atoms with van der Waals surface area (Å²) in [6.07, 6.45) is -13.0. The maximum Gasteiger partial charge on any atom is 0.370 e. The monoisotopic (exact) mass is 828 g/mol. The van der Waals surface area contributed by atoms with Gasteiger partial charge >= 0.3 is 11.9 Å². The van der Waals surface area contributed by atoms with Gasteiger partial charge in [0, 0.05) is 29.4 Å². The number of benzene rings is 2. The number of carbonyl (C=O) groups excluding carboxylic acids is 1.